The normalized spacial score (nSPS) is 19.1. The van der Waals surface area contributed by atoms with Gasteiger partial charge in [0, 0.05) is 6.54 Å². The van der Waals surface area contributed by atoms with Crippen molar-refractivity contribution >= 4 is 12.0 Å². The van der Waals surface area contributed by atoms with Crippen LogP contribution in [-0.4, -0.2) is 41.4 Å². The molecule has 1 saturated carbocycles. The van der Waals surface area contributed by atoms with Crippen molar-refractivity contribution in [3.63, 3.8) is 0 Å². The standard InChI is InChI=1S/C9H16N2O4/c1-9(2-3-9)5-11-8(15)10-4-6(12)7(13)14/h6,12H,2-5H2,1H3,(H,13,14)(H2,10,11,15). The van der Waals surface area contributed by atoms with Gasteiger partial charge in [-0.3, -0.25) is 0 Å². The minimum absolute atomic E-state index is 0.211. The third-order valence-corrected chi connectivity index (χ3v) is 2.52. The Balaban J connectivity index is 2.10. The molecule has 1 atom stereocenters. The number of rotatable bonds is 5. The Bertz CT molecular complexity index is 263. The minimum Gasteiger partial charge on any atom is -0.479 e. The zero-order valence-corrected chi connectivity index (χ0v) is 8.62. The van der Waals surface area contributed by atoms with E-state index in [1.165, 1.54) is 0 Å². The predicted molar refractivity (Wildman–Crippen MR) is 52.4 cm³/mol. The number of aliphatic carboxylic acids is 1. The molecule has 15 heavy (non-hydrogen) atoms. The summed E-state index contributed by atoms with van der Waals surface area (Å²) in [7, 11) is 0. The maximum Gasteiger partial charge on any atom is 0.334 e. The lowest BCUT2D eigenvalue weighted by Gasteiger charge is -2.12. The Morgan fingerprint density at radius 3 is 2.47 bits per heavy atom. The highest BCUT2D eigenvalue weighted by molar-refractivity contribution is 5.76. The molecule has 2 amide bonds. The first-order valence-electron chi connectivity index (χ1n) is 4.85. The molecule has 1 rings (SSSR count). The molecule has 6 heteroatoms. The van der Waals surface area contributed by atoms with Crippen LogP contribution >= 0.6 is 0 Å². The Hall–Kier alpha value is -1.30. The third-order valence-electron chi connectivity index (χ3n) is 2.52. The van der Waals surface area contributed by atoms with Gasteiger partial charge in [0.15, 0.2) is 6.10 Å². The maximum absolute atomic E-state index is 11.1. The summed E-state index contributed by atoms with van der Waals surface area (Å²) in [6, 6.07) is -0.441. The zero-order valence-electron chi connectivity index (χ0n) is 8.62. The summed E-state index contributed by atoms with van der Waals surface area (Å²) in [5.74, 6) is -1.34. The molecule has 0 aromatic carbocycles. The predicted octanol–water partition coefficient (Wildman–Crippen LogP) is -0.469. The molecule has 1 fully saturated rings. The number of carboxylic acids is 1. The van der Waals surface area contributed by atoms with E-state index in [9.17, 15) is 9.59 Å². The molecule has 0 bridgehead atoms. The molecule has 0 aromatic heterocycles. The van der Waals surface area contributed by atoms with Gasteiger partial charge in [0.1, 0.15) is 0 Å². The molecule has 4 N–H and O–H groups in total. The van der Waals surface area contributed by atoms with Crippen molar-refractivity contribution < 1.29 is 19.8 Å². The Kier molecular flexibility index (Phi) is 3.52. The van der Waals surface area contributed by atoms with Gasteiger partial charge >= 0.3 is 12.0 Å². The number of carbonyl (C=O) groups excluding carboxylic acids is 1. The zero-order chi connectivity index (χ0) is 11.5. The topological polar surface area (TPSA) is 98.7 Å². The Labute approximate surface area is 87.7 Å². The molecule has 0 heterocycles. The first kappa shape index (κ1) is 11.8. The molecule has 0 aliphatic heterocycles. The summed E-state index contributed by atoms with van der Waals surface area (Å²) in [4.78, 5) is 21.3. The smallest absolute Gasteiger partial charge is 0.334 e. The molecule has 86 valence electrons. The van der Waals surface area contributed by atoms with Crippen LogP contribution < -0.4 is 10.6 Å². The summed E-state index contributed by atoms with van der Waals surface area (Å²) in [6.07, 6.45) is 0.656. The molecule has 1 aliphatic rings. The van der Waals surface area contributed by atoms with Crippen LogP contribution in [0.4, 0.5) is 4.79 Å². The lowest BCUT2D eigenvalue weighted by Crippen LogP contribution is -2.43. The van der Waals surface area contributed by atoms with E-state index in [4.69, 9.17) is 10.2 Å². The average molecular weight is 216 g/mol. The SMILES string of the molecule is CC1(CNC(=O)NCC(O)C(=O)O)CC1. The van der Waals surface area contributed by atoms with Crippen molar-refractivity contribution in [2.75, 3.05) is 13.1 Å². The molecule has 1 aliphatic carbocycles. The number of carboxylic acid groups (broad SMARTS) is 1. The van der Waals surface area contributed by atoms with Crippen molar-refractivity contribution in [1.29, 1.82) is 0 Å². The maximum atomic E-state index is 11.1. The summed E-state index contributed by atoms with van der Waals surface area (Å²) < 4.78 is 0. The monoisotopic (exact) mass is 216 g/mol. The van der Waals surface area contributed by atoms with Gasteiger partial charge < -0.3 is 20.8 Å². The number of amides is 2. The number of hydrogen-bond donors (Lipinski definition) is 4. The number of urea groups is 1. The Morgan fingerprint density at radius 1 is 1.40 bits per heavy atom. The van der Waals surface area contributed by atoms with Crippen LogP contribution in [0.3, 0.4) is 0 Å². The molecule has 6 nitrogen and oxygen atoms in total. The van der Waals surface area contributed by atoms with E-state index in [2.05, 4.69) is 17.6 Å². The fraction of sp³-hybridized carbons (Fsp3) is 0.778. The number of aliphatic hydroxyl groups excluding tert-OH is 1. The first-order chi connectivity index (χ1) is 6.93. The second kappa shape index (κ2) is 4.48. The van der Waals surface area contributed by atoms with E-state index in [1.807, 2.05) is 0 Å². The van der Waals surface area contributed by atoms with Crippen molar-refractivity contribution in [1.82, 2.24) is 10.6 Å². The van der Waals surface area contributed by atoms with Crippen molar-refractivity contribution in [3.8, 4) is 0 Å². The van der Waals surface area contributed by atoms with Crippen LogP contribution in [0.25, 0.3) is 0 Å². The van der Waals surface area contributed by atoms with Gasteiger partial charge in [-0.1, -0.05) is 6.92 Å². The summed E-state index contributed by atoms with van der Waals surface area (Å²) in [5.41, 5.74) is 0.211. The van der Waals surface area contributed by atoms with Crippen molar-refractivity contribution in [2.24, 2.45) is 5.41 Å². The number of nitrogens with one attached hydrogen (secondary N) is 2. The van der Waals surface area contributed by atoms with Crippen LogP contribution in [0.15, 0.2) is 0 Å². The average Bonchev–Trinajstić information content (AvgIpc) is 2.90. The molecule has 0 radical (unpaired) electrons. The molecule has 1 unspecified atom stereocenters. The minimum atomic E-state index is -1.55. The highest BCUT2D eigenvalue weighted by atomic mass is 16.4. The van der Waals surface area contributed by atoms with Gasteiger partial charge in [0.25, 0.3) is 0 Å². The Morgan fingerprint density at radius 2 is 2.00 bits per heavy atom. The van der Waals surface area contributed by atoms with Gasteiger partial charge in [-0.15, -0.1) is 0 Å². The van der Waals surface area contributed by atoms with Crippen molar-refractivity contribution in [2.45, 2.75) is 25.9 Å². The van der Waals surface area contributed by atoms with Crippen molar-refractivity contribution in [3.05, 3.63) is 0 Å². The van der Waals surface area contributed by atoms with E-state index < -0.39 is 18.1 Å². The molecular weight excluding hydrogens is 200 g/mol. The van der Waals surface area contributed by atoms with Crippen LogP contribution in [0.1, 0.15) is 19.8 Å². The highest BCUT2D eigenvalue weighted by Crippen LogP contribution is 2.43. The van der Waals surface area contributed by atoms with E-state index in [0.29, 0.717) is 6.54 Å². The molecule has 0 spiro atoms. The van der Waals surface area contributed by atoms with Gasteiger partial charge in [-0.25, -0.2) is 9.59 Å². The fourth-order valence-corrected chi connectivity index (χ4v) is 1.02. The second-order valence-corrected chi connectivity index (χ2v) is 4.23. The van der Waals surface area contributed by atoms with Gasteiger partial charge in [0.2, 0.25) is 0 Å². The number of carbonyl (C=O) groups is 2. The highest BCUT2D eigenvalue weighted by Gasteiger charge is 2.37. The first-order valence-corrected chi connectivity index (χ1v) is 4.85. The van der Waals surface area contributed by atoms with Gasteiger partial charge in [-0.05, 0) is 18.3 Å². The molecule has 0 aromatic rings. The quantitative estimate of drug-likeness (QED) is 0.499. The van der Waals surface area contributed by atoms with Crippen LogP contribution in [-0.2, 0) is 4.79 Å². The van der Waals surface area contributed by atoms with E-state index >= 15 is 0 Å². The largest absolute Gasteiger partial charge is 0.479 e. The molecular formula is C9H16N2O4. The van der Waals surface area contributed by atoms with Gasteiger partial charge in [-0.2, -0.15) is 0 Å². The lowest BCUT2D eigenvalue weighted by molar-refractivity contribution is -0.146. The second-order valence-electron chi connectivity index (χ2n) is 4.23. The third kappa shape index (κ3) is 4.16. The summed E-state index contributed by atoms with van der Waals surface area (Å²) in [6.45, 7) is 2.37. The lowest BCUT2D eigenvalue weighted by atomic mass is 10.1. The summed E-state index contributed by atoms with van der Waals surface area (Å²) in [5, 5.41) is 22.1. The van der Waals surface area contributed by atoms with Crippen LogP contribution in [0.5, 0.6) is 0 Å². The van der Waals surface area contributed by atoms with E-state index in [0.717, 1.165) is 12.8 Å². The number of aliphatic hydroxyl groups is 1. The molecule has 0 saturated heterocycles. The summed E-state index contributed by atoms with van der Waals surface area (Å²) >= 11 is 0. The van der Waals surface area contributed by atoms with Crippen LogP contribution in [0.2, 0.25) is 0 Å². The number of hydrogen-bond acceptors (Lipinski definition) is 3. The van der Waals surface area contributed by atoms with Crippen LogP contribution in [0, 0.1) is 5.41 Å². The van der Waals surface area contributed by atoms with E-state index in [-0.39, 0.29) is 12.0 Å². The van der Waals surface area contributed by atoms with E-state index in [1.54, 1.807) is 0 Å². The fourth-order valence-electron chi connectivity index (χ4n) is 1.02. The van der Waals surface area contributed by atoms with Gasteiger partial charge in [0.05, 0.1) is 6.54 Å².